The van der Waals surface area contributed by atoms with Crippen molar-refractivity contribution >= 4 is 23.2 Å². The second-order valence-corrected chi connectivity index (χ2v) is 3.33. The largest absolute Gasteiger partial charge is 0.382 e. The first-order valence-electron chi connectivity index (χ1n) is 2.89. The Hall–Kier alpha value is 0.0700. The molecule has 0 heterocycles. The zero-order valence-electron chi connectivity index (χ0n) is 5.32. The second-order valence-electron chi connectivity index (χ2n) is 1.88. The van der Waals surface area contributed by atoms with Crippen LogP contribution in [0, 0.1) is 6.57 Å². The van der Waals surface area contributed by atoms with E-state index in [2.05, 4.69) is 4.85 Å². The molecule has 0 saturated heterocycles. The minimum Gasteiger partial charge on any atom is -0.276 e. The zero-order chi connectivity index (χ0) is 7.33. The Morgan fingerprint density at radius 1 is 1.56 bits per heavy atom. The van der Waals surface area contributed by atoms with Gasteiger partial charge in [-0.2, -0.15) is 0 Å². The summed E-state index contributed by atoms with van der Waals surface area (Å²) in [6.45, 7) is 8.58. The van der Waals surface area contributed by atoms with Crippen molar-refractivity contribution in [3.8, 4) is 0 Å². The van der Waals surface area contributed by atoms with E-state index in [0.29, 0.717) is 6.42 Å². The highest BCUT2D eigenvalue weighted by molar-refractivity contribution is 6.49. The molecule has 0 N–H and O–H groups in total. The molecule has 9 heavy (non-hydrogen) atoms. The summed E-state index contributed by atoms with van der Waals surface area (Å²) < 4.78 is -1.17. The van der Waals surface area contributed by atoms with Crippen molar-refractivity contribution < 1.29 is 0 Å². The molecule has 0 aliphatic carbocycles. The third-order valence-electron chi connectivity index (χ3n) is 0.995. The summed E-state index contributed by atoms with van der Waals surface area (Å²) in [5, 5.41) is 0. The molecule has 0 aliphatic rings. The van der Waals surface area contributed by atoms with Crippen LogP contribution >= 0.6 is 23.2 Å². The van der Waals surface area contributed by atoms with Gasteiger partial charge in [0.05, 0.1) is 6.42 Å². The minimum absolute atomic E-state index is 0.566. The normalized spacial score (nSPS) is 10.9. The lowest BCUT2D eigenvalue weighted by atomic mass is 10.2. The number of rotatable bonds is 3. The van der Waals surface area contributed by atoms with E-state index in [-0.39, 0.29) is 0 Å². The Morgan fingerprint density at radius 2 is 2.11 bits per heavy atom. The SMILES string of the molecule is [C-]#[N+]C(Cl)(Cl)CCCC. The van der Waals surface area contributed by atoms with E-state index < -0.39 is 4.46 Å². The van der Waals surface area contributed by atoms with Crippen molar-refractivity contribution in [2.45, 2.75) is 30.6 Å². The van der Waals surface area contributed by atoms with Crippen molar-refractivity contribution in [2.75, 3.05) is 0 Å². The van der Waals surface area contributed by atoms with Gasteiger partial charge in [-0.1, -0.05) is 13.3 Å². The van der Waals surface area contributed by atoms with E-state index in [4.69, 9.17) is 29.8 Å². The van der Waals surface area contributed by atoms with Crippen molar-refractivity contribution in [1.29, 1.82) is 0 Å². The van der Waals surface area contributed by atoms with Crippen molar-refractivity contribution in [1.82, 2.24) is 0 Å². The van der Waals surface area contributed by atoms with E-state index in [9.17, 15) is 0 Å². The highest BCUT2D eigenvalue weighted by atomic mass is 35.5. The van der Waals surface area contributed by atoms with E-state index >= 15 is 0 Å². The van der Waals surface area contributed by atoms with Crippen LogP contribution in [-0.2, 0) is 0 Å². The van der Waals surface area contributed by atoms with Crippen LogP contribution in [0.3, 0.4) is 0 Å². The highest BCUT2D eigenvalue weighted by Gasteiger charge is 2.28. The average molecular weight is 166 g/mol. The molecule has 0 spiro atoms. The fraction of sp³-hybridized carbons (Fsp3) is 0.833. The van der Waals surface area contributed by atoms with Gasteiger partial charge in [0.2, 0.25) is 0 Å². The van der Waals surface area contributed by atoms with Crippen LogP contribution in [0.15, 0.2) is 0 Å². The average Bonchev–Trinajstić information content (AvgIpc) is 1.84. The molecule has 0 amide bonds. The van der Waals surface area contributed by atoms with Gasteiger partial charge in [0.1, 0.15) is 0 Å². The summed E-state index contributed by atoms with van der Waals surface area (Å²) in [4.78, 5) is 3.04. The molecule has 0 aromatic rings. The molecule has 3 heteroatoms. The fourth-order valence-electron chi connectivity index (χ4n) is 0.445. The maximum atomic E-state index is 6.54. The van der Waals surface area contributed by atoms with Crippen LogP contribution in [0.2, 0.25) is 0 Å². The lowest BCUT2D eigenvalue weighted by Gasteiger charge is -2.02. The third-order valence-corrected chi connectivity index (χ3v) is 1.54. The summed E-state index contributed by atoms with van der Waals surface area (Å²) >= 11 is 11.0. The Morgan fingerprint density at radius 3 is 2.44 bits per heavy atom. The molecule has 0 unspecified atom stereocenters. The van der Waals surface area contributed by atoms with Crippen molar-refractivity contribution in [3.05, 3.63) is 11.4 Å². The van der Waals surface area contributed by atoms with Gasteiger partial charge in [0.25, 0.3) is 0 Å². The number of nitrogens with zero attached hydrogens (tertiary/aromatic N) is 1. The lowest BCUT2D eigenvalue weighted by Crippen LogP contribution is -2.04. The van der Waals surface area contributed by atoms with Gasteiger partial charge in [-0.15, -0.1) is 0 Å². The molecule has 0 bridgehead atoms. The van der Waals surface area contributed by atoms with Crippen LogP contribution in [-0.4, -0.2) is 4.46 Å². The van der Waals surface area contributed by atoms with E-state index in [0.717, 1.165) is 12.8 Å². The van der Waals surface area contributed by atoms with Crippen LogP contribution in [0.5, 0.6) is 0 Å². The van der Waals surface area contributed by atoms with Gasteiger partial charge in [-0.05, 0) is 29.6 Å². The van der Waals surface area contributed by atoms with Crippen LogP contribution in [0.1, 0.15) is 26.2 Å². The molecule has 0 rings (SSSR count). The Kier molecular flexibility index (Phi) is 4.01. The fourth-order valence-corrected chi connectivity index (χ4v) is 0.713. The first-order chi connectivity index (χ1) is 4.12. The lowest BCUT2D eigenvalue weighted by molar-refractivity contribution is 0.702. The zero-order valence-corrected chi connectivity index (χ0v) is 6.84. The summed E-state index contributed by atoms with van der Waals surface area (Å²) in [5.74, 6) is 0. The Labute approximate surface area is 65.8 Å². The first kappa shape index (κ1) is 9.07. The maximum Gasteiger partial charge on any atom is 0.382 e. The number of halogens is 2. The van der Waals surface area contributed by atoms with Gasteiger partial charge in [-0.25, -0.2) is 6.57 Å². The molecule has 0 fully saturated rings. The van der Waals surface area contributed by atoms with Gasteiger partial charge >= 0.3 is 4.46 Å². The molecule has 0 aliphatic heterocycles. The number of alkyl halides is 2. The van der Waals surface area contributed by atoms with Gasteiger partial charge in [0.15, 0.2) is 0 Å². The minimum atomic E-state index is -1.17. The Balaban J connectivity index is 3.49. The summed E-state index contributed by atoms with van der Waals surface area (Å²) in [6.07, 6.45) is 2.50. The standard InChI is InChI=1S/C6H9Cl2N/c1-3-4-5-6(7,8)9-2/h3-5H2,1H3. The predicted octanol–water partition coefficient (Wildman–Crippen LogP) is 3.23. The number of hydrogen-bond donors (Lipinski definition) is 0. The quantitative estimate of drug-likeness (QED) is 0.344. The van der Waals surface area contributed by atoms with E-state index in [1.54, 1.807) is 0 Å². The van der Waals surface area contributed by atoms with Gasteiger partial charge < -0.3 is 0 Å². The topological polar surface area (TPSA) is 4.36 Å². The molecular weight excluding hydrogens is 157 g/mol. The third kappa shape index (κ3) is 4.57. The predicted molar refractivity (Wildman–Crippen MR) is 40.6 cm³/mol. The molecule has 0 aromatic carbocycles. The molecular formula is C6H9Cl2N. The van der Waals surface area contributed by atoms with Gasteiger partial charge in [-0.3, -0.25) is 4.85 Å². The second kappa shape index (κ2) is 3.98. The van der Waals surface area contributed by atoms with E-state index in [1.165, 1.54) is 0 Å². The molecule has 0 radical (unpaired) electrons. The van der Waals surface area contributed by atoms with Crippen LogP contribution < -0.4 is 0 Å². The summed E-state index contributed by atoms with van der Waals surface area (Å²) in [5.41, 5.74) is 0. The van der Waals surface area contributed by atoms with Crippen molar-refractivity contribution in [3.63, 3.8) is 0 Å². The molecule has 0 aromatic heterocycles. The smallest absolute Gasteiger partial charge is 0.276 e. The highest BCUT2D eigenvalue weighted by Crippen LogP contribution is 2.28. The van der Waals surface area contributed by atoms with Gasteiger partial charge in [0, 0.05) is 0 Å². The van der Waals surface area contributed by atoms with E-state index in [1.807, 2.05) is 6.92 Å². The number of unbranched alkanes of at least 4 members (excludes halogenated alkanes) is 1. The van der Waals surface area contributed by atoms with Crippen LogP contribution in [0.25, 0.3) is 4.85 Å². The monoisotopic (exact) mass is 165 g/mol. The molecule has 52 valence electrons. The molecule has 0 saturated carbocycles. The first-order valence-corrected chi connectivity index (χ1v) is 3.64. The summed E-state index contributed by atoms with van der Waals surface area (Å²) in [6, 6.07) is 0. The maximum absolute atomic E-state index is 6.54. The summed E-state index contributed by atoms with van der Waals surface area (Å²) in [7, 11) is 0. The molecule has 1 nitrogen and oxygen atoms in total. The van der Waals surface area contributed by atoms with Crippen LogP contribution in [0.4, 0.5) is 0 Å². The molecule has 0 atom stereocenters. The number of hydrogen-bond acceptors (Lipinski definition) is 0. The Bertz CT molecular complexity index is 115. The van der Waals surface area contributed by atoms with Crippen molar-refractivity contribution in [2.24, 2.45) is 0 Å².